The second-order valence-corrected chi connectivity index (χ2v) is 4.62. The van der Waals surface area contributed by atoms with Crippen LogP contribution in [0, 0.1) is 0 Å². The molecule has 5 nitrogen and oxygen atoms in total. The molecule has 0 spiro atoms. The molecule has 0 saturated heterocycles. The summed E-state index contributed by atoms with van der Waals surface area (Å²) in [4.78, 5) is 0. The van der Waals surface area contributed by atoms with Crippen molar-refractivity contribution in [3.8, 4) is 17.2 Å². The quantitative estimate of drug-likeness (QED) is 0.805. The van der Waals surface area contributed by atoms with E-state index in [0.29, 0.717) is 23.8 Å². The Hall–Kier alpha value is -1.62. The molecule has 1 aromatic rings. The van der Waals surface area contributed by atoms with E-state index < -0.39 is 0 Å². The van der Waals surface area contributed by atoms with E-state index in [4.69, 9.17) is 19.9 Å². The smallest absolute Gasteiger partial charge is 0.149 e. The van der Waals surface area contributed by atoms with Crippen LogP contribution in [0.4, 0.5) is 5.69 Å². The summed E-state index contributed by atoms with van der Waals surface area (Å²) < 4.78 is 15.9. The first-order valence-electron chi connectivity index (χ1n) is 5.94. The molecule has 1 aliphatic rings. The molecule has 5 heteroatoms. The van der Waals surface area contributed by atoms with Crippen LogP contribution in [0.3, 0.4) is 0 Å². The van der Waals surface area contributed by atoms with E-state index in [1.165, 1.54) is 0 Å². The van der Waals surface area contributed by atoms with E-state index in [1.807, 2.05) is 12.1 Å². The second kappa shape index (κ2) is 4.94. The van der Waals surface area contributed by atoms with Crippen LogP contribution in [-0.2, 0) is 0 Å². The van der Waals surface area contributed by atoms with Crippen LogP contribution in [-0.4, -0.2) is 33.4 Å². The Morgan fingerprint density at radius 1 is 1.11 bits per heavy atom. The predicted molar refractivity (Wildman–Crippen MR) is 70.7 cm³/mol. The van der Waals surface area contributed by atoms with Crippen LogP contribution in [0.1, 0.15) is 12.8 Å². The predicted octanol–water partition coefficient (Wildman–Crippen LogP) is 1.62. The Morgan fingerprint density at radius 3 is 2.06 bits per heavy atom. The van der Waals surface area contributed by atoms with Gasteiger partial charge >= 0.3 is 0 Å². The SMILES string of the molecule is COc1cc(OC)c(NCC2(N)CC2)c(OC)c1. The van der Waals surface area contributed by atoms with Gasteiger partial charge in [-0.3, -0.25) is 0 Å². The number of rotatable bonds is 6. The Morgan fingerprint density at radius 2 is 1.67 bits per heavy atom. The Bertz CT molecular complexity index is 405. The van der Waals surface area contributed by atoms with Crippen LogP contribution in [0.2, 0.25) is 0 Å². The molecule has 100 valence electrons. The number of nitrogens with one attached hydrogen (secondary N) is 1. The molecule has 3 N–H and O–H groups in total. The minimum atomic E-state index is -0.0735. The molecule has 0 atom stereocenters. The topological polar surface area (TPSA) is 65.7 Å². The molecule has 0 amide bonds. The molecule has 1 saturated carbocycles. The number of anilines is 1. The summed E-state index contributed by atoms with van der Waals surface area (Å²) in [5, 5.41) is 3.31. The highest BCUT2D eigenvalue weighted by molar-refractivity contribution is 5.69. The monoisotopic (exact) mass is 252 g/mol. The van der Waals surface area contributed by atoms with Crippen molar-refractivity contribution in [3.05, 3.63) is 12.1 Å². The average molecular weight is 252 g/mol. The third-order valence-corrected chi connectivity index (χ3v) is 3.22. The maximum Gasteiger partial charge on any atom is 0.149 e. The van der Waals surface area contributed by atoms with Crippen molar-refractivity contribution in [1.29, 1.82) is 0 Å². The summed E-state index contributed by atoms with van der Waals surface area (Å²) in [6, 6.07) is 3.64. The molecule has 0 unspecified atom stereocenters. The fourth-order valence-corrected chi connectivity index (χ4v) is 1.78. The normalized spacial score (nSPS) is 16.0. The zero-order valence-corrected chi connectivity index (χ0v) is 11.1. The number of methoxy groups -OCH3 is 3. The van der Waals surface area contributed by atoms with Crippen molar-refractivity contribution < 1.29 is 14.2 Å². The summed E-state index contributed by atoms with van der Waals surface area (Å²) >= 11 is 0. The Kier molecular flexibility index (Phi) is 3.52. The fraction of sp³-hybridized carbons (Fsp3) is 0.538. The molecule has 18 heavy (non-hydrogen) atoms. The zero-order valence-electron chi connectivity index (χ0n) is 11.1. The lowest BCUT2D eigenvalue weighted by Gasteiger charge is -2.18. The first-order chi connectivity index (χ1) is 8.61. The number of nitrogens with two attached hydrogens (primary N) is 1. The summed E-state index contributed by atoms with van der Waals surface area (Å²) in [6.07, 6.45) is 2.11. The Labute approximate surface area is 107 Å². The second-order valence-electron chi connectivity index (χ2n) is 4.62. The number of ether oxygens (including phenoxy) is 3. The van der Waals surface area contributed by atoms with Gasteiger partial charge in [-0.15, -0.1) is 0 Å². The van der Waals surface area contributed by atoms with E-state index >= 15 is 0 Å². The molecule has 0 bridgehead atoms. The highest BCUT2D eigenvalue weighted by atomic mass is 16.5. The van der Waals surface area contributed by atoms with Crippen LogP contribution >= 0.6 is 0 Å². The molecule has 0 aromatic heterocycles. The van der Waals surface area contributed by atoms with Crippen LogP contribution < -0.4 is 25.3 Å². The Balaban J connectivity index is 2.24. The molecule has 2 rings (SSSR count). The van der Waals surface area contributed by atoms with Crippen molar-refractivity contribution in [2.45, 2.75) is 18.4 Å². The van der Waals surface area contributed by atoms with Gasteiger partial charge in [-0.1, -0.05) is 0 Å². The van der Waals surface area contributed by atoms with Gasteiger partial charge in [0.2, 0.25) is 0 Å². The highest BCUT2D eigenvalue weighted by Crippen LogP contribution is 2.40. The van der Waals surface area contributed by atoms with Crippen molar-refractivity contribution in [3.63, 3.8) is 0 Å². The van der Waals surface area contributed by atoms with Gasteiger partial charge in [-0.2, -0.15) is 0 Å². The molecular formula is C13H20N2O3. The summed E-state index contributed by atoms with van der Waals surface area (Å²) in [7, 11) is 4.85. The first kappa shape index (κ1) is 12.8. The van der Waals surface area contributed by atoms with Crippen LogP contribution in [0.15, 0.2) is 12.1 Å². The third-order valence-electron chi connectivity index (χ3n) is 3.22. The standard InChI is InChI=1S/C13H20N2O3/c1-16-9-6-10(17-2)12(11(7-9)18-3)15-8-13(14)4-5-13/h6-7,15H,4-5,8,14H2,1-3H3. The van der Waals surface area contributed by atoms with Gasteiger partial charge in [0.15, 0.2) is 0 Å². The van der Waals surface area contributed by atoms with Gasteiger partial charge in [-0.25, -0.2) is 0 Å². The van der Waals surface area contributed by atoms with Crippen molar-refractivity contribution in [2.24, 2.45) is 5.73 Å². The molecule has 0 aliphatic heterocycles. The number of benzene rings is 1. The van der Waals surface area contributed by atoms with Gasteiger partial charge in [0.05, 0.1) is 21.3 Å². The van der Waals surface area contributed by atoms with Gasteiger partial charge in [0.1, 0.15) is 22.9 Å². The maximum atomic E-state index is 6.06. The number of hydrogen-bond acceptors (Lipinski definition) is 5. The largest absolute Gasteiger partial charge is 0.496 e. The summed E-state index contributed by atoms with van der Waals surface area (Å²) in [5.41, 5.74) is 6.81. The fourth-order valence-electron chi connectivity index (χ4n) is 1.78. The molecule has 1 aromatic carbocycles. The molecular weight excluding hydrogens is 232 g/mol. The highest BCUT2D eigenvalue weighted by Gasteiger charge is 2.38. The van der Waals surface area contributed by atoms with Gasteiger partial charge in [0, 0.05) is 24.2 Å². The van der Waals surface area contributed by atoms with Gasteiger partial charge in [0.25, 0.3) is 0 Å². The minimum absolute atomic E-state index is 0.0735. The van der Waals surface area contributed by atoms with Crippen molar-refractivity contribution in [1.82, 2.24) is 0 Å². The van der Waals surface area contributed by atoms with Crippen LogP contribution in [0.25, 0.3) is 0 Å². The summed E-state index contributed by atoms with van der Waals surface area (Å²) in [5.74, 6) is 2.08. The molecule has 1 aliphatic carbocycles. The summed E-state index contributed by atoms with van der Waals surface area (Å²) in [6.45, 7) is 0.714. The van der Waals surface area contributed by atoms with E-state index in [9.17, 15) is 0 Å². The lowest BCUT2D eigenvalue weighted by Crippen LogP contribution is -2.31. The van der Waals surface area contributed by atoms with Gasteiger partial charge in [-0.05, 0) is 12.8 Å². The maximum absolute atomic E-state index is 6.06. The zero-order chi connectivity index (χ0) is 13.2. The molecule has 1 fully saturated rings. The van der Waals surface area contributed by atoms with Crippen LogP contribution in [0.5, 0.6) is 17.2 Å². The van der Waals surface area contributed by atoms with E-state index in [1.54, 1.807) is 21.3 Å². The first-order valence-corrected chi connectivity index (χ1v) is 5.94. The minimum Gasteiger partial charge on any atom is -0.496 e. The average Bonchev–Trinajstić information content (AvgIpc) is 3.13. The lowest BCUT2D eigenvalue weighted by atomic mass is 10.2. The number of hydrogen-bond donors (Lipinski definition) is 2. The van der Waals surface area contributed by atoms with Gasteiger partial charge < -0.3 is 25.3 Å². The van der Waals surface area contributed by atoms with Crippen molar-refractivity contribution in [2.75, 3.05) is 33.2 Å². The lowest BCUT2D eigenvalue weighted by molar-refractivity contribution is 0.377. The van der Waals surface area contributed by atoms with E-state index in [2.05, 4.69) is 5.32 Å². The van der Waals surface area contributed by atoms with E-state index in [0.717, 1.165) is 18.5 Å². The van der Waals surface area contributed by atoms with Crippen molar-refractivity contribution >= 4 is 5.69 Å². The third kappa shape index (κ3) is 2.61. The molecule has 0 heterocycles. The molecule has 0 radical (unpaired) electrons. The van der Waals surface area contributed by atoms with E-state index in [-0.39, 0.29) is 5.54 Å².